The third-order valence-corrected chi connectivity index (χ3v) is 4.59. The number of nitrogens with one attached hydrogen (secondary N) is 1. The van der Waals surface area contributed by atoms with Crippen LogP contribution in [0.15, 0.2) is 48.5 Å². The van der Waals surface area contributed by atoms with Crippen LogP contribution in [-0.4, -0.2) is 32.9 Å². The van der Waals surface area contributed by atoms with Crippen molar-refractivity contribution in [2.45, 2.75) is 18.4 Å². The van der Waals surface area contributed by atoms with E-state index < -0.39 is 0 Å². The molecule has 0 spiro atoms. The number of fused-ring (bicyclic) bond motifs is 1. The van der Waals surface area contributed by atoms with E-state index in [1.807, 2.05) is 43.4 Å². The Morgan fingerprint density at radius 2 is 1.96 bits per heavy atom. The quantitative estimate of drug-likeness (QED) is 0.765. The molecule has 2 heterocycles. The van der Waals surface area contributed by atoms with Gasteiger partial charge in [0.2, 0.25) is 5.91 Å². The van der Waals surface area contributed by atoms with E-state index in [1.54, 1.807) is 17.0 Å². The molecule has 1 aliphatic rings. The molecule has 0 aliphatic carbocycles. The van der Waals surface area contributed by atoms with E-state index in [-0.39, 0.29) is 23.6 Å². The highest BCUT2D eigenvalue weighted by Crippen LogP contribution is 2.43. The van der Waals surface area contributed by atoms with Crippen molar-refractivity contribution in [2.24, 2.45) is 0 Å². The third-order valence-electron chi connectivity index (χ3n) is 4.59. The highest BCUT2D eigenvalue weighted by molar-refractivity contribution is 5.83. The monoisotopic (exact) mass is 307 g/mol. The summed E-state index contributed by atoms with van der Waals surface area (Å²) in [4.78, 5) is 21.9. The lowest BCUT2D eigenvalue weighted by molar-refractivity contribution is -0.127. The topological polar surface area (TPSA) is 69.2 Å². The Morgan fingerprint density at radius 1 is 1.17 bits per heavy atom. The molecule has 2 N–H and O–H groups in total. The molecule has 0 unspecified atom stereocenters. The summed E-state index contributed by atoms with van der Waals surface area (Å²) in [7, 11) is 1.83. The predicted molar refractivity (Wildman–Crippen MR) is 87.1 cm³/mol. The second kappa shape index (κ2) is 5.12. The second-order valence-corrected chi connectivity index (χ2v) is 5.97. The lowest BCUT2D eigenvalue weighted by Gasteiger charge is -2.24. The fourth-order valence-corrected chi connectivity index (χ4v) is 3.43. The van der Waals surface area contributed by atoms with E-state index in [2.05, 4.69) is 9.97 Å². The van der Waals surface area contributed by atoms with E-state index in [9.17, 15) is 9.90 Å². The Morgan fingerprint density at radius 3 is 2.70 bits per heavy atom. The van der Waals surface area contributed by atoms with Crippen LogP contribution in [0.1, 0.15) is 29.8 Å². The average Bonchev–Trinajstić information content (AvgIpc) is 3.11. The zero-order chi connectivity index (χ0) is 16.0. The maximum Gasteiger partial charge on any atom is 0.223 e. The van der Waals surface area contributed by atoms with Gasteiger partial charge in [-0.2, -0.15) is 0 Å². The molecule has 0 saturated carbocycles. The number of hydrogen-bond acceptors (Lipinski definition) is 3. The molecule has 1 saturated heterocycles. The number of carbonyl (C=O) groups excluding carboxylic acids is 1. The highest BCUT2D eigenvalue weighted by atomic mass is 16.3. The summed E-state index contributed by atoms with van der Waals surface area (Å²) in [6.45, 7) is 0. The number of aromatic hydroxyl groups is 1. The standard InChI is InChI=1S/C18H17N3O2/c1-21-15(23)10-12(17(21)11-6-3-2-4-7-11)18-19-13-8-5-9-14(22)16(13)20-18/h2-9,12,17,22H,10H2,1H3,(H,19,20)/t12-,17+/m0/s1. The number of likely N-dealkylation sites (N-methyl/N-ethyl adjacent to an activating group) is 1. The van der Waals surface area contributed by atoms with Crippen molar-refractivity contribution in [3.63, 3.8) is 0 Å². The molecule has 1 fully saturated rings. The summed E-state index contributed by atoms with van der Waals surface area (Å²) in [5.41, 5.74) is 2.43. The number of aromatic amines is 1. The fraction of sp³-hybridized carbons (Fsp3) is 0.222. The van der Waals surface area contributed by atoms with Crippen molar-refractivity contribution in [1.29, 1.82) is 0 Å². The summed E-state index contributed by atoms with van der Waals surface area (Å²) in [6, 6.07) is 15.2. The van der Waals surface area contributed by atoms with Gasteiger partial charge < -0.3 is 15.0 Å². The van der Waals surface area contributed by atoms with Crippen LogP contribution < -0.4 is 0 Å². The van der Waals surface area contributed by atoms with Crippen LogP contribution in [0.2, 0.25) is 0 Å². The number of likely N-dealkylation sites (tertiary alicyclic amines) is 1. The van der Waals surface area contributed by atoms with Gasteiger partial charge in [-0.1, -0.05) is 36.4 Å². The average molecular weight is 307 g/mol. The fourth-order valence-electron chi connectivity index (χ4n) is 3.43. The Bertz CT molecular complexity index is 872. The van der Waals surface area contributed by atoms with Gasteiger partial charge in [0.1, 0.15) is 17.1 Å². The Balaban J connectivity index is 1.81. The number of phenolic OH excluding ortho intramolecular Hbond substituents is 1. The number of phenols is 1. The smallest absolute Gasteiger partial charge is 0.223 e. The predicted octanol–water partition coefficient (Wildman–Crippen LogP) is 2.96. The number of H-pyrrole nitrogens is 1. The lowest BCUT2D eigenvalue weighted by Crippen LogP contribution is -2.24. The van der Waals surface area contributed by atoms with Gasteiger partial charge in [-0.25, -0.2) is 4.98 Å². The lowest BCUT2D eigenvalue weighted by atomic mass is 9.93. The van der Waals surface area contributed by atoms with Gasteiger partial charge in [0.15, 0.2) is 0 Å². The molecule has 5 heteroatoms. The van der Waals surface area contributed by atoms with Gasteiger partial charge in [-0.3, -0.25) is 4.79 Å². The molecule has 0 bridgehead atoms. The normalized spacial score (nSPS) is 21.3. The minimum Gasteiger partial charge on any atom is -0.506 e. The molecule has 3 aromatic rings. The number of rotatable bonds is 2. The third kappa shape index (κ3) is 2.16. The van der Waals surface area contributed by atoms with Gasteiger partial charge in [0, 0.05) is 13.5 Å². The van der Waals surface area contributed by atoms with E-state index in [0.29, 0.717) is 11.9 Å². The summed E-state index contributed by atoms with van der Waals surface area (Å²) >= 11 is 0. The van der Waals surface area contributed by atoms with Crippen molar-refractivity contribution in [3.8, 4) is 5.75 Å². The number of benzene rings is 2. The van der Waals surface area contributed by atoms with Crippen LogP contribution in [0, 0.1) is 0 Å². The summed E-state index contributed by atoms with van der Waals surface area (Å²) in [6.07, 6.45) is 0.413. The van der Waals surface area contributed by atoms with E-state index >= 15 is 0 Å². The molecule has 4 rings (SSSR count). The number of imidazole rings is 1. The van der Waals surface area contributed by atoms with Crippen molar-refractivity contribution in [3.05, 3.63) is 59.9 Å². The minimum atomic E-state index is -0.0540. The van der Waals surface area contributed by atoms with Gasteiger partial charge in [0.25, 0.3) is 0 Å². The van der Waals surface area contributed by atoms with Crippen LogP contribution in [-0.2, 0) is 4.79 Å². The number of carbonyl (C=O) groups is 1. The molecule has 2 atom stereocenters. The maximum atomic E-state index is 12.3. The van der Waals surface area contributed by atoms with Gasteiger partial charge >= 0.3 is 0 Å². The first-order valence-electron chi connectivity index (χ1n) is 7.63. The minimum absolute atomic E-state index is 0.0496. The second-order valence-electron chi connectivity index (χ2n) is 5.97. The molecule has 2 aromatic carbocycles. The van der Waals surface area contributed by atoms with Crippen molar-refractivity contribution >= 4 is 16.9 Å². The van der Waals surface area contributed by atoms with Gasteiger partial charge in [0.05, 0.1) is 17.5 Å². The molecule has 23 heavy (non-hydrogen) atoms. The number of nitrogens with zero attached hydrogens (tertiary/aromatic N) is 2. The van der Waals surface area contributed by atoms with E-state index in [0.717, 1.165) is 16.9 Å². The molecule has 116 valence electrons. The Hall–Kier alpha value is -2.82. The van der Waals surface area contributed by atoms with Crippen molar-refractivity contribution < 1.29 is 9.90 Å². The highest BCUT2D eigenvalue weighted by Gasteiger charge is 2.41. The van der Waals surface area contributed by atoms with E-state index in [1.165, 1.54) is 0 Å². The zero-order valence-electron chi connectivity index (χ0n) is 12.7. The molecule has 1 aliphatic heterocycles. The maximum absolute atomic E-state index is 12.3. The van der Waals surface area contributed by atoms with Crippen LogP contribution in [0.3, 0.4) is 0 Å². The Kier molecular flexibility index (Phi) is 3.08. The molecular formula is C18H17N3O2. The summed E-state index contributed by atoms with van der Waals surface area (Å²) in [5.74, 6) is 0.947. The van der Waals surface area contributed by atoms with Crippen LogP contribution in [0.5, 0.6) is 5.75 Å². The van der Waals surface area contributed by atoms with Crippen molar-refractivity contribution in [2.75, 3.05) is 7.05 Å². The molecule has 1 aromatic heterocycles. The van der Waals surface area contributed by atoms with Crippen LogP contribution in [0.4, 0.5) is 0 Å². The van der Waals surface area contributed by atoms with Crippen molar-refractivity contribution in [1.82, 2.24) is 14.9 Å². The largest absolute Gasteiger partial charge is 0.506 e. The SMILES string of the molecule is CN1C(=O)C[C@H](c2nc3c(O)cccc3[nH]2)[C@H]1c1ccccc1. The zero-order valence-corrected chi connectivity index (χ0v) is 12.7. The Labute approximate surface area is 133 Å². The molecular weight excluding hydrogens is 290 g/mol. The number of aromatic nitrogens is 2. The first kappa shape index (κ1) is 13.8. The summed E-state index contributed by atoms with van der Waals surface area (Å²) in [5, 5.41) is 9.95. The van der Waals surface area contributed by atoms with E-state index in [4.69, 9.17) is 0 Å². The van der Waals surface area contributed by atoms with Gasteiger partial charge in [-0.05, 0) is 17.7 Å². The molecule has 0 radical (unpaired) electrons. The first-order valence-corrected chi connectivity index (χ1v) is 7.63. The number of hydrogen-bond donors (Lipinski definition) is 2. The number of para-hydroxylation sites is 1. The van der Waals surface area contributed by atoms with Gasteiger partial charge in [-0.15, -0.1) is 0 Å². The van der Waals surface area contributed by atoms with Crippen LogP contribution in [0.25, 0.3) is 11.0 Å². The number of amides is 1. The molecule has 5 nitrogen and oxygen atoms in total. The summed E-state index contributed by atoms with van der Waals surface area (Å²) < 4.78 is 0. The van der Waals surface area contributed by atoms with Crippen LogP contribution >= 0.6 is 0 Å². The first-order chi connectivity index (χ1) is 11.1. The molecule has 1 amide bonds.